The Hall–Kier alpha value is -3.20. The number of aromatic nitrogens is 1. The summed E-state index contributed by atoms with van der Waals surface area (Å²) in [7, 11) is 0. The van der Waals surface area contributed by atoms with Gasteiger partial charge in [-0.25, -0.2) is 13.8 Å². The van der Waals surface area contributed by atoms with Crippen molar-refractivity contribution in [1.82, 2.24) is 4.98 Å². The fraction of sp³-hybridized carbons (Fsp3) is 0.0588. The quantitative estimate of drug-likeness (QED) is 0.536. The van der Waals surface area contributed by atoms with Crippen LogP contribution in [0.25, 0.3) is 11.3 Å². The van der Waals surface area contributed by atoms with Crippen LogP contribution in [-0.4, -0.2) is 15.8 Å². The predicted molar refractivity (Wildman–Crippen MR) is 92.9 cm³/mol. The fourth-order valence-corrected chi connectivity index (χ4v) is 2.96. The van der Waals surface area contributed by atoms with Crippen LogP contribution in [-0.2, 0) is 11.2 Å². The molecular formula is C17H11F2N3O3S. The number of nitrogens with one attached hydrogen (secondary N) is 1. The van der Waals surface area contributed by atoms with Crippen molar-refractivity contribution in [2.75, 3.05) is 5.32 Å². The van der Waals surface area contributed by atoms with Gasteiger partial charge in [0.05, 0.1) is 17.0 Å². The molecule has 2 aromatic carbocycles. The van der Waals surface area contributed by atoms with E-state index in [4.69, 9.17) is 0 Å². The highest BCUT2D eigenvalue weighted by atomic mass is 32.1. The van der Waals surface area contributed by atoms with E-state index in [9.17, 15) is 23.7 Å². The first-order valence-electron chi connectivity index (χ1n) is 7.36. The van der Waals surface area contributed by atoms with Crippen LogP contribution < -0.4 is 5.32 Å². The minimum Gasteiger partial charge on any atom is -0.302 e. The predicted octanol–water partition coefficient (Wildman–Crippen LogP) is 4.18. The molecule has 3 rings (SSSR count). The van der Waals surface area contributed by atoms with Crippen LogP contribution in [0.3, 0.4) is 0 Å². The third-order valence-electron chi connectivity index (χ3n) is 3.47. The Labute approximate surface area is 150 Å². The molecule has 0 bridgehead atoms. The largest absolute Gasteiger partial charge is 0.302 e. The molecule has 1 aromatic heterocycles. The summed E-state index contributed by atoms with van der Waals surface area (Å²) in [6, 6.07) is 8.81. The Morgan fingerprint density at radius 3 is 2.58 bits per heavy atom. The molecular weight excluding hydrogens is 364 g/mol. The monoisotopic (exact) mass is 375 g/mol. The highest BCUT2D eigenvalue weighted by Gasteiger charge is 2.13. The number of nitro benzene ring substituents is 1. The number of halogens is 2. The van der Waals surface area contributed by atoms with Crippen molar-refractivity contribution in [3.05, 3.63) is 75.2 Å². The number of non-ortho nitro benzene ring substituents is 1. The molecule has 0 unspecified atom stereocenters. The number of hydrogen-bond acceptors (Lipinski definition) is 5. The van der Waals surface area contributed by atoms with Crippen LogP contribution in [0.2, 0.25) is 0 Å². The molecule has 132 valence electrons. The molecule has 6 nitrogen and oxygen atoms in total. The lowest BCUT2D eigenvalue weighted by Gasteiger charge is -2.02. The van der Waals surface area contributed by atoms with Gasteiger partial charge in [-0.05, 0) is 17.7 Å². The summed E-state index contributed by atoms with van der Waals surface area (Å²) in [4.78, 5) is 26.3. The number of anilines is 1. The van der Waals surface area contributed by atoms with E-state index in [2.05, 4.69) is 10.3 Å². The van der Waals surface area contributed by atoms with Crippen molar-refractivity contribution < 1.29 is 18.5 Å². The number of benzene rings is 2. The van der Waals surface area contributed by atoms with Gasteiger partial charge in [0.15, 0.2) is 5.13 Å². The number of hydrogen-bond donors (Lipinski definition) is 1. The maximum atomic E-state index is 13.8. The van der Waals surface area contributed by atoms with Crippen molar-refractivity contribution >= 4 is 28.1 Å². The van der Waals surface area contributed by atoms with Gasteiger partial charge >= 0.3 is 0 Å². The second-order valence-electron chi connectivity index (χ2n) is 5.31. The molecule has 0 radical (unpaired) electrons. The molecule has 3 aromatic rings. The number of carbonyl (C=O) groups excluding carboxylic acids is 1. The van der Waals surface area contributed by atoms with E-state index in [-0.39, 0.29) is 34.4 Å². The molecule has 26 heavy (non-hydrogen) atoms. The van der Waals surface area contributed by atoms with Crippen LogP contribution in [0.15, 0.2) is 47.8 Å². The van der Waals surface area contributed by atoms with Gasteiger partial charge in [0, 0.05) is 29.1 Å². The average molecular weight is 375 g/mol. The van der Waals surface area contributed by atoms with Gasteiger partial charge in [0.25, 0.3) is 5.69 Å². The summed E-state index contributed by atoms with van der Waals surface area (Å²) in [5, 5.41) is 15.0. The molecule has 1 N–H and O–H groups in total. The van der Waals surface area contributed by atoms with E-state index >= 15 is 0 Å². The molecule has 0 atom stereocenters. The Kier molecular flexibility index (Phi) is 4.99. The lowest BCUT2D eigenvalue weighted by Crippen LogP contribution is -2.14. The first kappa shape index (κ1) is 17.6. The van der Waals surface area contributed by atoms with Crippen LogP contribution in [0, 0.1) is 21.7 Å². The fourth-order valence-electron chi connectivity index (χ4n) is 2.24. The second-order valence-corrected chi connectivity index (χ2v) is 6.17. The third-order valence-corrected chi connectivity index (χ3v) is 4.23. The Bertz CT molecular complexity index is 974. The Morgan fingerprint density at radius 1 is 1.19 bits per heavy atom. The van der Waals surface area contributed by atoms with Crippen molar-refractivity contribution in [3.63, 3.8) is 0 Å². The highest BCUT2D eigenvalue weighted by molar-refractivity contribution is 7.14. The molecule has 1 heterocycles. The van der Waals surface area contributed by atoms with Gasteiger partial charge in [0.2, 0.25) is 5.91 Å². The number of carbonyl (C=O) groups is 1. The number of thiazole rings is 1. The molecule has 0 fully saturated rings. The van der Waals surface area contributed by atoms with Gasteiger partial charge < -0.3 is 5.32 Å². The lowest BCUT2D eigenvalue weighted by molar-refractivity contribution is -0.384. The molecule has 1 amide bonds. The molecule has 0 spiro atoms. The zero-order valence-electron chi connectivity index (χ0n) is 13.1. The third kappa shape index (κ3) is 4.06. The van der Waals surface area contributed by atoms with E-state index in [1.807, 2.05) is 0 Å². The van der Waals surface area contributed by atoms with Crippen LogP contribution in [0.4, 0.5) is 19.6 Å². The summed E-state index contributed by atoms with van der Waals surface area (Å²) in [5.41, 5.74) is 0.978. The number of nitrogens with zero attached hydrogens (tertiary/aromatic N) is 2. The zero-order chi connectivity index (χ0) is 18.7. The van der Waals surface area contributed by atoms with Crippen LogP contribution in [0.1, 0.15) is 5.56 Å². The van der Waals surface area contributed by atoms with Crippen molar-refractivity contribution in [1.29, 1.82) is 0 Å². The summed E-state index contributed by atoms with van der Waals surface area (Å²) >= 11 is 1.11. The van der Waals surface area contributed by atoms with Crippen LogP contribution in [0.5, 0.6) is 0 Å². The standard InChI is InChI=1S/C17H11F2N3O3S/c18-11-3-6-13(14(19)8-11)15-9-26-17(20-15)21-16(23)7-10-1-4-12(5-2-10)22(24)25/h1-6,8-9H,7H2,(H,20,21,23). The van der Waals surface area contributed by atoms with Gasteiger partial charge in [-0.2, -0.15) is 0 Å². The summed E-state index contributed by atoms with van der Waals surface area (Å²) in [6.07, 6.45) is 0.0117. The first-order chi connectivity index (χ1) is 12.4. The van der Waals surface area contributed by atoms with Gasteiger partial charge in [-0.3, -0.25) is 14.9 Å². The maximum Gasteiger partial charge on any atom is 0.269 e. The number of rotatable bonds is 5. The minimum absolute atomic E-state index is 0.0117. The van der Waals surface area contributed by atoms with E-state index in [1.165, 1.54) is 30.3 Å². The van der Waals surface area contributed by atoms with E-state index in [0.717, 1.165) is 23.5 Å². The van der Waals surface area contributed by atoms with Gasteiger partial charge in [0.1, 0.15) is 11.6 Å². The zero-order valence-corrected chi connectivity index (χ0v) is 13.9. The summed E-state index contributed by atoms with van der Waals surface area (Å²) in [5.74, 6) is -1.78. The minimum atomic E-state index is -0.737. The Balaban J connectivity index is 1.66. The summed E-state index contributed by atoms with van der Waals surface area (Å²) in [6.45, 7) is 0. The molecule has 0 saturated heterocycles. The second kappa shape index (κ2) is 7.36. The number of amides is 1. The lowest BCUT2D eigenvalue weighted by atomic mass is 10.1. The molecule has 9 heteroatoms. The first-order valence-corrected chi connectivity index (χ1v) is 8.24. The van der Waals surface area contributed by atoms with Crippen molar-refractivity contribution in [2.24, 2.45) is 0 Å². The van der Waals surface area contributed by atoms with E-state index in [1.54, 1.807) is 5.38 Å². The molecule has 0 aliphatic heterocycles. The molecule has 0 saturated carbocycles. The van der Waals surface area contributed by atoms with Gasteiger partial charge in [-0.15, -0.1) is 11.3 Å². The summed E-state index contributed by atoms with van der Waals surface area (Å²) < 4.78 is 26.7. The number of nitro groups is 1. The normalized spacial score (nSPS) is 10.5. The van der Waals surface area contributed by atoms with E-state index < -0.39 is 16.6 Å². The maximum absolute atomic E-state index is 13.8. The smallest absolute Gasteiger partial charge is 0.269 e. The molecule has 0 aliphatic carbocycles. The van der Waals surface area contributed by atoms with Crippen molar-refractivity contribution in [3.8, 4) is 11.3 Å². The SMILES string of the molecule is O=C(Cc1ccc([N+](=O)[O-])cc1)Nc1nc(-c2ccc(F)cc2F)cs1. The van der Waals surface area contributed by atoms with E-state index in [0.29, 0.717) is 5.56 Å². The van der Waals surface area contributed by atoms with Crippen LogP contribution >= 0.6 is 11.3 Å². The average Bonchev–Trinajstić information content (AvgIpc) is 3.03. The molecule has 0 aliphatic rings. The Morgan fingerprint density at radius 2 is 1.92 bits per heavy atom. The van der Waals surface area contributed by atoms with Gasteiger partial charge in [-0.1, -0.05) is 12.1 Å². The topological polar surface area (TPSA) is 85.1 Å². The van der Waals surface area contributed by atoms with Crippen molar-refractivity contribution in [2.45, 2.75) is 6.42 Å². The highest BCUT2D eigenvalue weighted by Crippen LogP contribution is 2.27.